The van der Waals surface area contributed by atoms with Crippen LogP contribution in [-0.4, -0.2) is 53.6 Å². The highest BCUT2D eigenvalue weighted by molar-refractivity contribution is 5.89. The number of nitrogens with one attached hydrogen (secondary N) is 1. The summed E-state index contributed by atoms with van der Waals surface area (Å²) in [5, 5.41) is 22.0. The number of rotatable bonds is 5. The van der Waals surface area contributed by atoms with Crippen molar-refractivity contribution >= 4 is 11.7 Å². The first-order chi connectivity index (χ1) is 12.5. The molecule has 1 aliphatic heterocycles. The molecule has 0 spiro atoms. The van der Waals surface area contributed by atoms with E-state index in [1.54, 1.807) is 31.4 Å². The van der Waals surface area contributed by atoms with E-state index in [1.807, 2.05) is 24.3 Å². The fraction of sp³-hybridized carbons (Fsp3) is 0.316. The summed E-state index contributed by atoms with van der Waals surface area (Å²) < 4.78 is 11.0. The lowest BCUT2D eigenvalue weighted by Gasteiger charge is -2.21. The molecule has 1 aliphatic rings. The summed E-state index contributed by atoms with van der Waals surface area (Å²) in [6.07, 6.45) is 0.364. The Bertz CT molecular complexity index is 765. The van der Waals surface area contributed by atoms with E-state index >= 15 is 0 Å². The zero-order valence-electron chi connectivity index (χ0n) is 14.5. The van der Waals surface area contributed by atoms with E-state index in [0.717, 1.165) is 0 Å². The van der Waals surface area contributed by atoms with Gasteiger partial charge >= 0.3 is 6.03 Å². The molecule has 0 aliphatic carbocycles. The van der Waals surface area contributed by atoms with Crippen LogP contribution in [0.1, 0.15) is 6.42 Å². The molecule has 3 N–H and O–H groups in total. The molecule has 138 valence electrons. The predicted octanol–water partition coefficient (Wildman–Crippen LogP) is 2.45. The number of likely N-dealkylation sites (tertiary alicyclic amines) is 1. The minimum absolute atomic E-state index is 0.115. The minimum atomic E-state index is -1.20. The summed E-state index contributed by atoms with van der Waals surface area (Å²) >= 11 is 0. The maximum atomic E-state index is 12.3. The Balaban J connectivity index is 1.60. The van der Waals surface area contributed by atoms with Gasteiger partial charge in [-0.15, -0.1) is 0 Å². The van der Waals surface area contributed by atoms with Gasteiger partial charge in [0.05, 0.1) is 20.3 Å². The number of nitrogens with zero attached hydrogens (tertiary/aromatic N) is 1. The van der Waals surface area contributed by atoms with Crippen molar-refractivity contribution in [1.82, 2.24) is 4.90 Å². The Hall–Kier alpha value is -2.77. The summed E-state index contributed by atoms with van der Waals surface area (Å²) in [5.74, 6) is 1.85. The number of amides is 2. The second kappa shape index (κ2) is 7.63. The van der Waals surface area contributed by atoms with Crippen molar-refractivity contribution < 1.29 is 24.5 Å². The highest BCUT2D eigenvalue weighted by Crippen LogP contribution is 2.31. The minimum Gasteiger partial charge on any atom is -0.493 e. The highest BCUT2D eigenvalue weighted by Gasteiger charge is 2.37. The number of β-amino-alcohol motifs (C(OH)–C–C–N with tert-alkyl or cyclic N) is 1. The van der Waals surface area contributed by atoms with Crippen LogP contribution >= 0.6 is 0 Å². The largest absolute Gasteiger partial charge is 0.493 e. The second-order valence-corrected chi connectivity index (χ2v) is 6.26. The number of urea groups is 1. The van der Waals surface area contributed by atoms with Crippen LogP contribution in [0.2, 0.25) is 0 Å². The number of carbonyl (C=O) groups excluding carboxylic acids is 1. The van der Waals surface area contributed by atoms with Gasteiger partial charge in [-0.25, -0.2) is 4.79 Å². The van der Waals surface area contributed by atoms with Crippen LogP contribution in [0, 0.1) is 0 Å². The summed E-state index contributed by atoms with van der Waals surface area (Å²) in [4.78, 5) is 13.7. The zero-order valence-corrected chi connectivity index (χ0v) is 14.5. The maximum Gasteiger partial charge on any atom is 0.321 e. The van der Waals surface area contributed by atoms with Crippen LogP contribution < -0.4 is 14.8 Å². The first-order valence-corrected chi connectivity index (χ1v) is 8.33. The Morgan fingerprint density at radius 1 is 1.19 bits per heavy atom. The van der Waals surface area contributed by atoms with Crippen LogP contribution in [0.5, 0.6) is 17.2 Å². The molecule has 0 aromatic heterocycles. The van der Waals surface area contributed by atoms with E-state index in [9.17, 15) is 15.0 Å². The summed E-state index contributed by atoms with van der Waals surface area (Å²) in [6.45, 7) is 0.161. The van der Waals surface area contributed by atoms with E-state index < -0.39 is 5.60 Å². The van der Waals surface area contributed by atoms with Crippen LogP contribution in [0.3, 0.4) is 0 Å². The van der Waals surface area contributed by atoms with Crippen molar-refractivity contribution in [2.24, 2.45) is 0 Å². The third-order valence-corrected chi connectivity index (χ3v) is 4.32. The topological polar surface area (TPSA) is 91.3 Å². The lowest BCUT2D eigenvalue weighted by molar-refractivity contribution is -0.00246. The summed E-state index contributed by atoms with van der Waals surface area (Å²) in [7, 11) is 1.58. The monoisotopic (exact) mass is 358 g/mol. The van der Waals surface area contributed by atoms with Crippen molar-refractivity contribution in [3.8, 4) is 17.2 Å². The molecule has 1 fully saturated rings. The molecule has 0 bridgehead atoms. The van der Waals surface area contributed by atoms with Gasteiger partial charge in [0.15, 0.2) is 11.5 Å². The molecule has 7 nitrogen and oxygen atoms in total. The molecular weight excluding hydrogens is 336 g/mol. The predicted molar refractivity (Wildman–Crippen MR) is 96.8 cm³/mol. The molecule has 7 heteroatoms. The fourth-order valence-electron chi connectivity index (χ4n) is 2.80. The number of benzene rings is 2. The quantitative estimate of drug-likeness (QED) is 0.764. The number of hydrogen-bond acceptors (Lipinski definition) is 5. The fourth-order valence-corrected chi connectivity index (χ4v) is 2.80. The van der Waals surface area contributed by atoms with Gasteiger partial charge in [0.1, 0.15) is 11.4 Å². The number of aliphatic hydroxyl groups is 2. The number of aliphatic hydroxyl groups excluding tert-OH is 1. The van der Waals surface area contributed by atoms with Crippen LogP contribution in [0.15, 0.2) is 48.5 Å². The number of ether oxygens (including phenoxy) is 2. The Morgan fingerprint density at radius 3 is 2.50 bits per heavy atom. The number of carbonyl (C=O) groups is 1. The third kappa shape index (κ3) is 4.07. The maximum absolute atomic E-state index is 12.3. The lowest BCUT2D eigenvalue weighted by Crippen LogP contribution is -2.40. The van der Waals surface area contributed by atoms with E-state index in [2.05, 4.69) is 5.32 Å². The number of hydrogen-bond donors (Lipinski definition) is 3. The zero-order chi connectivity index (χ0) is 18.6. The van der Waals surface area contributed by atoms with Gasteiger partial charge < -0.3 is 29.9 Å². The molecule has 0 saturated carbocycles. The standard InChI is InChI=1S/C19H22N2O5/c1-25-16-4-2-3-5-17(16)26-15-8-6-14(7-9-15)20-18(23)21-11-10-19(24,12-21)13-22/h2-9,22,24H,10-13H2,1H3,(H,20,23). The molecule has 2 aromatic rings. The van der Waals surface area contributed by atoms with Gasteiger partial charge in [-0.3, -0.25) is 0 Å². The highest BCUT2D eigenvalue weighted by atomic mass is 16.5. The van der Waals surface area contributed by atoms with Crippen molar-refractivity contribution in [3.63, 3.8) is 0 Å². The average Bonchev–Trinajstić information content (AvgIpc) is 3.07. The molecule has 1 unspecified atom stereocenters. The first kappa shape index (κ1) is 18.0. The van der Waals surface area contributed by atoms with Crippen molar-refractivity contribution in [2.45, 2.75) is 12.0 Å². The number of anilines is 1. The molecule has 2 aromatic carbocycles. The van der Waals surface area contributed by atoms with Crippen LogP contribution in [0.25, 0.3) is 0 Å². The van der Waals surface area contributed by atoms with Gasteiger partial charge in [-0.1, -0.05) is 12.1 Å². The summed E-state index contributed by atoms with van der Waals surface area (Å²) in [5.41, 5.74) is -0.592. The van der Waals surface area contributed by atoms with Gasteiger partial charge in [-0.05, 0) is 42.8 Å². The molecule has 1 heterocycles. The van der Waals surface area contributed by atoms with E-state index in [1.165, 1.54) is 4.90 Å². The number of methoxy groups -OCH3 is 1. The molecule has 1 atom stereocenters. The Labute approximate surface area is 151 Å². The van der Waals surface area contributed by atoms with Crippen LogP contribution in [-0.2, 0) is 0 Å². The SMILES string of the molecule is COc1ccccc1Oc1ccc(NC(=O)N2CCC(O)(CO)C2)cc1. The van der Waals surface area contributed by atoms with Gasteiger partial charge in [0.25, 0.3) is 0 Å². The Morgan fingerprint density at radius 2 is 1.88 bits per heavy atom. The Kier molecular flexibility index (Phi) is 5.29. The van der Waals surface area contributed by atoms with E-state index in [4.69, 9.17) is 9.47 Å². The molecule has 1 saturated heterocycles. The molecular formula is C19H22N2O5. The number of para-hydroxylation sites is 2. The molecule has 3 rings (SSSR count). The molecule has 26 heavy (non-hydrogen) atoms. The third-order valence-electron chi connectivity index (χ3n) is 4.32. The van der Waals surface area contributed by atoms with Crippen molar-refractivity contribution in [1.29, 1.82) is 0 Å². The first-order valence-electron chi connectivity index (χ1n) is 8.33. The van der Waals surface area contributed by atoms with Crippen LogP contribution in [0.4, 0.5) is 10.5 Å². The second-order valence-electron chi connectivity index (χ2n) is 6.26. The van der Waals surface area contributed by atoms with Gasteiger partial charge in [0.2, 0.25) is 0 Å². The van der Waals surface area contributed by atoms with Gasteiger partial charge in [-0.2, -0.15) is 0 Å². The van der Waals surface area contributed by atoms with Crippen molar-refractivity contribution in [2.75, 3.05) is 32.1 Å². The van der Waals surface area contributed by atoms with Gasteiger partial charge in [0, 0.05) is 12.2 Å². The lowest BCUT2D eigenvalue weighted by atomic mass is 10.1. The average molecular weight is 358 g/mol. The molecule has 2 amide bonds. The molecule has 0 radical (unpaired) electrons. The van der Waals surface area contributed by atoms with Crippen molar-refractivity contribution in [3.05, 3.63) is 48.5 Å². The normalized spacial score (nSPS) is 19.3. The van der Waals surface area contributed by atoms with E-state index in [-0.39, 0.29) is 19.2 Å². The van der Waals surface area contributed by atoms with E-state index in [0.29, 0.717) is 35.9 Å². The smallest absolute Gasteiger partial charge is 0.321 e. The summed E-state index contributed by atoms with van der Waals surface area (Å²) in [6, 6.07) is 14.0.